The molecule has 0 bridgehead atoms. The van der Waals surface area contributed by atoms with Gasteiger partial charge in [0.15, 0.2) is 0 Å². The van der Waals surface area contributed by atoms with Crippen molar-refractivity contribution in [2.75, 3.05) is 39.8 Å². The normalized spacial score (nSPS) is 23.5. The molecule has 5 nitrogen and oxygen atoms in total. The summed E-state index contributed by atoms with van der Waals surface area (Å²) >= 11 is 0. The van der Waals surface area contributed by atoms with Crippen molar-refractivity contribution < 1.29 is 9.13 Å². The van der Waals surface area contributed by atoms with Crippen molar-refractivity contribution in [2.45, 2.75) is 38.8 Å². The highest BCUT2D eigenvalue weighted by Gasteiger charge is 2.41. The molecule has 1 spiro atoms. The predicted molar refractivity (Wildman–Crippen MR) is 108 cm³/mol. The molecule has 2 saturated heterocycles. The molecule has 1 aromatic carbocycles. The number of aryl methyl sites for hydroxylation is 1. The first kappa shape index (κ1) is 19.4. The van der Waals surface area contributed by atoms with Gasteiger partial charge < -0.3 is 9.64 Å². The van der Waals surface area contributed by atoms with E-state index in [4.69, 9.17) is 4.74 Å². The zero-order chi connectivity index (χ0) is 19.4. The number of nitrogens with zero attached hydrogens (tertiary/aromatic N) is 4. The van der Waals surface area contributed by atoms with Crippen molar-refractivity contribution >= 4 is 0 Å². The summed E-state index contributed by atoms with van der Waals surface area (Å²) in [5.41, 5.74) is 1.12. The first-order valence-electron chi connectivity index (χ1n) is 10.4. The second-order valence-corrected chi connectivity index (χ2v) is 8.42. The summed E-state index contributed by atoms with van der Waals surface area (Å²) in [6.45, 7) is 7.26. The minimum absolute atomic E-state index is 0.132. The van der Waals surface area contributed by atoms with E-state index in [-0.39, 0.29) is 5.82 Å². The van der Waals surface area contributed by atoms with Crippen LogP contribution in [0.15, 0.2) is 36.7 Å². The molecule has 0 saturated carbocycles. The summed E-state index contributed by atoms with van der Waals surface area (Å²) in [6.07, 6.45) is 8.75. The molecule has 4 rings (SSSR count). The van der Waals surface area contributed by atoms with Gasteiger partial charge in [0.1, 0.15) is 11.6 Å². The van der Waals surface area contributed by atoms with Crippen LogP contribution in [0.2, 0.25) is 0 Å². The summed E-state index contributed by atoms with van der Waals surface area (Å²) in [5.74, 6) is 0.597. The lowest BCUT2D eigenvalue weighted by atomic mass is 9.79. The number of likely N-dealkylation sites (tertiary alicyclic amines) is 2. The fourth-order valence-corrected chi connectivity index (χ4v) is 4.93. The van der Waals surface area contributed by atoms with E-state index in [1.165, 1.54) is 38.4 Å². The summed E-state index contributed by atoms with van der Waals surface area (Å²) < 4.78 is 21.5. The van der Waals surface area contributed by atoms with Crippen LogP contribution in [0, 0.1) is 11.2 Å². The molecule has 152 valence electrons. The topological polar surface area (TPSA) is 33.5 Å². The van der Waals surface area contributed by atoms with E-state index in [0.29, 0.717) is 12.0 Å². The number of hydrogen-bond donors (Lipinski definition) is 0. The van der Waals surface area contributed by atoms with Gasteiger partial charge in [0, 0.05) is 44.1 Å². The molecule has 6 heteroatoms. The highest BCUT2D eigenvalue weighted by Crippen LogP contribution is 2.39. The average Bonchev–Trinajstić information content (AvgIpc) is 3.34. The van der Waals surface area contributed by atoms with Gasteiger partial charge in [0.2, 0.25) is 0 Å². The summed E-state index contributed by atoms with van der Waals surface area (Å²) in [5, 5.41) is 4.28. The van der Waals surface area contributed by atoms with Gasteiger partial charge in [0.05, 0.1) is 7.11 Å². The lowest BCUT2D eigenvalue weighted by Gasteiger charge is -2.40. The van der Waals surface area contributed by atoms with E-state index in [0.717, 1.165) is 43.9 Å². The van der Waals surface area contributed by atoms with Crippen LogP contribution in [-0.2, 0) is 13.1 Å². The zero-order valence-electron chi connectivity index (χ0n) is 16.8. The average molecular weight is 387 g/mol. The molecule has 2 aliphatic rings. The molecule has 1 aromatic heterocycles. The van der Waals surface area contributed by atoms with Gasteiger partial charge in [-0.1, -0.05) is 0 Å². The van der Waals surface area contributed by atoms with Gasteiger partial charge in [-0.05, 0) is 75.0 Å². The Morgan fingerprint density at radius 2 is 2.04 bits per heavy atom. The van der Waals surface area contributed by atoms with Crippen LogP contribution in [0.1, 0.15) is 31.2 Å². The Morgan fingerprint density at radius 3 is 2.86 bits per heavy atom. The fraction of sp³-hybridized carbons (Fsp3) is 0.591. The van der Waals surface area contributed by atoms with Crippen LogP contribution < -0.4 is 4.74 Å². The smallest absolute Gasteiger partial charge is 0.127 e. The molecule has 28 heavy (non-hydrogen) atoms. The third-order valence-electron chi connectivity index (χ3n) is 6.33. The highest BCUT2D eigenvalue weighted by molar-refractivity contribution is 5.29. The second-order valence-electron chi connectivity index (χ2n) is 8.42. The Labute approximate surface area is 167 Å². The van der Waals surface area contributed by atoms with Gasteiger partial charge in [-0.3, -0.25) is 9.58 Å². The summed E-state index contributed by atoms with van der Waals surface area (Å²) in [7, 11) is 1.63. The predicted octanol–water partition coefficient (Wildman–Crippen LogP) is 3.41. The number of aromatic nitrogens is 2. The van der Waals surface area contributed by atoms with Gasteiger partial charge in [0.25, 0.3) is 0 Å². The summed E-state index contributed by atoms with van der Waals surface area (Å²) in [6, 6.07) is 7.03. The molecule has 0 N–H and O–H groups in total. The molecular formula is C22H31FN4O. The van der Waals surface area contributed by atoms with E-state index >= 15 is 0 Å². The van der Waals surface area contributed by atoms with E-state index < -0.39 is 0 Å². The molecule has 1 unspecified atom stereocenters. The lowest BCUT2D eigenvalue weighted by Crippen LogP contribution is -2.44. The second kappa shape index (κ2) is 8.62. The Bertz CT molecular complexity index is 766. The Kier molecular flexibility index (Phi) is 5.97. The fourth-order valence-electron chi connectivity index (χ4n) is 4.93. The third-order valence-corrected chi connectivity index (χ3v) is 6.33. The minimum atomic E-state index is -0.132. The van der Waals surface area contributed by atoms with Crippen LogP contribution in [-0.4, -0.2) is 59.4 Å². The molecule has 1 atom stereocenters. The van der Waals surface area contributed by atoms with E-state index in [9.17, 15) is 4.39 Å². The number of halogens is 1. The van der Waals surface area contributed by atoms with Crippen molar-refractivity contribution in [3.8, 4) is 5.75 Å². The van der Waals surface area contributed by atoms with Gasteiger partial charge in [-0.2, -0.15) is 5.10 Å². The quantitative estimate of drug-likeness (QED) is 0.730. The molecule has 0 radical (unpaired) electrons. The molecule has 2 fully saturated rings. The number of piperidine rings is 1. The van der Waals surface area contributed by atoms with Gasteiger partial charge in [-0.25, -0.2) is 4.39 Å². The van der Waals surface area contributed by atoms with E-state index in [1.54, 1.807) is 13.2 Å². The van der Waals surface area contributed by atoms with Crippen molar-refractivity contribution in [1.29, 1.82) is 0 Å². The van der Waals surface area contributed by atoms with Crippen LogP contribution in [0.25, 0.3) is 0 Å². The number of hydrogen-bond acceptors (Lipinski definition) is 4. The van der Waals surface area contributed by atoms with Crippen LogP contribution in [0.3, 0.4) is 0 Å². The maximum absolute atomic E-state index is 14.3. The van der Waals surface area contributed by atoms with E-state index in [2.05, 4.69) is 14.9 Å². The van der Waals surface area contributed by atoms with Gasteiger partial charge in [-0.15, -0.1) is 0 Å². The van der Waals surface area contributed by atoms with Gasteiger partial charge >= 0.3 is 0 Å². The Balaban J connectivity index is 1.31. The van der Waals surface area contributed by atoms with Crippen molar-refractivity contribution in [1.82, 2.24) is 19.6 Å². The summed E-state index contributed by atoms with van der Waals surface area (Å²) in [4.78, 5) is 5.05. The van der Waals surface area contributed by atoms with Crippen LogP contribution in [0.5, 0.6) is 5.75 Å². The zero-order valence-corrected chi connectivity index (χ0v) is 16.8. The standard InChI is InChI=1S/C22H31FN4O/c1-28-20-5-6-21(23)19(15-20)16-26-10-2-7-22(18-26)8-14-25(17-22)11-4-13-27-12-3-9-24-27/h3,5-6,9,12,15H,2,4,7-8,10-11,13-14,16-18H2,1H3. The third kappa shape index (κ3) is 4.55. The number of methoxy groups -OCH3 is 1. The number of benzene rings is 1. The van der Waals surface area contributed by atoms with Crippen molar-refractivity contribution in [3.63, 3.8) is 0 Å². The first-order chi connectivity index (χ1) is 13.7. The molecule has 2 aliphatic heterocycles. The largest absolute Gasteiger partial charge is 0.497 e. The monoisotopic (exact) mass is 386 g/mol. The number of rotatable bonds is 7. The first-order valence-corrected chi connectivity index (χ1v) is 10.4. The SMILES string of the molecule is COc1ccc(F)c(CN2CCCC3(CCN(CCCn4cccn4)C3)C2)c1. The maximum Gasteiger partial charge on any atom is 0.127 e. The maximum atomic E-state index is 14.3. The van der Waals surface area contributed by atoms with Crippen molar-refractivity contribution in [2.24, 2.45) is 5.41 Å². The molecule has 0 aliphatic carbocycles. The van der Waals surface area contributed by atoms with E-state index in [1.807, 2.05) is 29.2 Å². The molecular weight excluding hydrogens is 355 g/mol. The molecule has 2 aromatic rings. The lowest BCUT2D eigenvalue weighted by molar-refractivity contribution is 0.0862. The number of ether oxygens (including phenoxy) is 1. The molecule has 0 amide bonds. The van der Waals surface area contributed by atoms with Crippen LogP contribution >= 0.6 is 0 Å². The Hall–Kier alpha value is -1.92. The highest BCUT2D eigenvalue weighted by atomic mass is 19.1. The van der Waals surface area contributed by atoms with Crippen molar-refractivity contribution in [3.05, 3.63) is 48.0 Å². The molecule has 3 heterocycles. The Morgan fingerprint density at radius 1 is 1.14 bits per heavy atom. The van der Waals surface area contributed by atoms with Crippen LogP contribution in [0.4, 0.5) is 4.39 Å². The minimum Gasteiger partial charge on any atom is -0.497 e.